The Morgan fingerprint density at radius 1 is 1.00 bits per heavy atom. The van der Waals surface area contributed by atoms with E-state index in [0.29, 0.717) is 5.56 Å². The van der Waals surface area contributed by atoms with E-state index in [1.807, 2.05) is 4.98 Å². The molecule has 94 valence electrons. The van der Waals surface area contributed by atoms with Gasteiger partial charge in [-0.2, -0.15) is 0 Å². The second-order valence-corrected chi connectivity index (χ2v) is 3.03. The molecule has 2 heterocycles. The predicted molar refractivity (Wildman–Crippen MR) is 65.5 cm³/mol. The lowest BCUT2D eigenvalue weighted by Crippen LogP contribution is -2.22. The SMILES string of the molecule is C=Cc1c[nH]c(=O)[nH]c1=O.O=c1cc[nH]c(=O)[nH]1. The molecule has 0 saturated heterocycles. The van der Waals surface area contributed by atoms with Crippen molar-refractivity contribution in [3.8, 4) is 0 Å². The summed E-state index contributed by atoms with van der Waals surface area (Å²) in [5, 5.41) is 0. The zero-order chi connectivity index (χ0) is 13.5. The molecule has 0 spiro atoms. The minimum absolute atomic E-state index is 0.361. The van der Waals surface area contributed by atoms with Gasteiger partial charge in [-0.3, -0.25) is 19.6 Å². The van der Waals surface area contributed by atoms with Crippen LogP contribution in [0.1, 0.15) is 5.56 Å². The first-order valence-electron chi connectivity index (χ1n) is 4.75. The van der Waals surface area contributed by atoms with E-state index in [0.717, 1.165) is 0 Å². The molecule has 18 heavy (non-hydrogen) atoms. The van der Waals surface area contributed by atoms with Gasteiger partial charge in [-0.15, -0.1) is 0 Å². The van der Waals surface area contributed by atoms with Gasteiger partial charge in [-0.05, 0) is 0 Å². The molecule has 0 amide bonds. The largest absolute Gasteiger partial charge is 0.325 e. The summed E-state index contributed by atoms with van der Waals surface area (Å²) in [7, 11) is 0. The Morgan fingerprint density at radius 3 is 2.11 bits per heavy atom. The highest BCUT2D eigenvalue weighted by molar-refractivity contribution is 5.42. The van der Waals surface area contributed by atoms with Crippen molar-refractivity contribution in [3.05, 3.63) is 72.3 Å². The van der Waals surface area contributed by atoms with E-state index >= 15 is 0 Å². The molecule has 0 radical (unpaired) electrons. The van der Waals surface area contributed by atoms with E-state index in [4.69, 9.17) is 0 Å². The summed E-state index contributed by atoms with van der Waals surface area (Å²) in [6, 6.07) is 1.24. The first kappa shape index (κ1) is 13.2. The van der Waals surface area contributed by atoms with Crippen molar-refractivity contribution in [2.24, 2.45) is 0 Å². The molecule has 0 unspecified atom stereocenters. The Kier molecular flexibility index (Phi) is 4.38. The molecule has 0 fully saturated rings. The van der Waals surface area contributed by atoms with Crippen LogP contribution in [0.2, 0.25) is 0 Å². The summed E-state index contributed by atoms with van der Waals surface area (Å²) in [6.45, 7) is 3.38. The number of aromatic nitrogens is 4. The molecule has 2 aromatic rings. The Balaban J connectivity index is 0.000000184. The molecule has 8 heteroatoms. The van der Waals surface area contributed by atoms with E-state index in [1.165, 1.54) is 24.5 Å². The fraction of sp³-hybridized carbons (Fsp3) is 0. The van der Waals surface area contributed by atoms with E-state index in [9.17, 15) is 19.2 Å². The predicted octanol–water partition coefficient (Wildman–Crippen LogP) is -1.23. The molecule has 0 saturated carbocycles. The van der Waals surface area contributed by atoms with Gasteiger partial charge in [0.1, 0.15) is 0 Å². The zero-order valence-corrected chi connectivity index (χ0v) is 9.15. The molecule has 0 aliphatic rings. The number of H-pyrrole nitrogens is 4. The third-order valence-corrected chi connectivity index (χ3v) is 1.75. The zero-order valence-electron chi connectivity index (χ0n) is 9.15. The number of hydrogen-bond donors (Lipinski definition) is 4. The van der Waals surface area contributed by atoms with E-state index in [1.54, 1.807) is 0 Å². The summed E-state index contributed by atoms with van der Waals surface area (Å²) < 4.78 is 0. The number of nitrogens with one attached hydrogen (secondary N) is 4. The number of hydrogen-bond acceptors (Lipinski definition) is 4. The van der Waals surface area contributed by atoms with Gasteiger partial charge in [0.2, 0.25) is 0 Å². The van der Waals surface area contributed by atoms with Gasteiger partial charge in [0.05, 0.1) is 5.56 Å². The van der Waals surface area contributed by atoms with Gasteiger partial charge in [0.15, 0.2) is 0 Å². The molecule has 8 nitrogen and oxygen atoms in total. The van der Waals surface area contributed by atoms with Crippen LogP contribution in [0.4, 0.5) is 0 Å². The van der Waals surface area contributed by atoms with Crippen LogP contribution in [-0.2, 0) is 0 Å². The number of rotatable bonds is 1. The topological polar surface area (TPSA) is 131 Å². The van der Waals surface area contributed by atoms with Crippen molar-refractivity contribution in [1.29, 1.82) is 0 Å². The molecule has 0 bridgehead atoms. The Hall–Kier alpha value is -2.90. The fourth-order valence-corrected chi connectivity index (χ4v) is 0.955. The summed E-state index contributed by atoms with van der Waals surface area (Å²) in [6.07, 6.45) is 3.98. The first-order valence-corrected chi connectivity index (χ1v) is 4.75. The van der Waals surface area contributed by atoms with Gasteiger partial charge in [-0.25, -0.2) is 9.59 Å². The average molecular weight is 250 g/mol. The van der Waals surface area contributed by atoms with Gasteiger partial charge in [0.25, 0.3) is 11.1 Å². The molecule has 0 aliphatic heterocycles. The maximum atomic E-state index is 10.7. The smallest absolute Gasteiger partial charge is 0.314 e. The van der Waals surface area contributed by atoms with Crippen LogP contribution in [-0.4, -0.2) is 19.9 Å². The van der Waals surface area contributed by atoms with Crippen molar-refractivity contribution in [2.45, 2.75) is 0 Å². The van der Waals surface area contributed by atoms with E-state index < -0.39 is 16.9 Å². The van der Waals surface area contributed by atoms with Crippen LogP contribution in [0.15, 0.2) is 44.2 Å². The van der Waals surface area contributed by atoms with Crippen molar-refractivity contribution in [2.75, 3.05) is 0 Å². The van der Waals surface area contributed by atoms with E-state index in [-0.39, 0.29) is 5.56 Å². The standard InChI is InChI=1S/C6H6N2O2.C4H4N2O2/c1-2-4-3-7-6(10)8-5(4)9;7-3-1-2-5-4(8)6-3/h2-3H,1H2,(H2,7,8,9,10);1-2H,(H2,5,6,7,8). The molecule has 4 N–H and O–H groups in total. The quantitative estimate of drug-likeness (QED) is 0.504. The highest BCUT2D eigenvalue weighted by Crippen LogP contribution is 1.82. The van der Waals surface area contributed by atoms with Crippen molar-refractivity contribution in [1.82, 2.24) is 19.9 Å². The van der Waals surface area contributed by atoms with Crippen LogP contribution in [0.5, 0.6) is 0 Å². The normalized spacial score (nSPS) is 9.11. The molecule has 2 aromatic heterocycles. The first-order chi connectivity index (χ1) is 8.52. The lowest BCUT2D eigenvalue weighted by molar-refractivity contribution is 1.03. The fourth-order valence-electron chi connectivity index (χ4n) is 0.955. The second kappa shape index (κ2) is 5.99. The molecule has 2 rings (SSSR count). The van der Waals surface area contributed by atoms with Crippen LogP contribution in [0, 0.1) is 0 Å². The van der Waals surface area contributed by atoms with E-state index in [2.05, 4.69) is 21.5 Å². The maximum absolute atomic E-state index is 10.7. The third kappa shape index (κ3) is 3.93. The number of aromatic amines is 4. The summed E-state index contributed by atoms with van der Waals surface area (Å²) in [4.78, 5) is 50.2. The average Bonchev–Trinajstić information content (AvgIpc) is 2.29. The lowest BCUT2D eigenvalue weighted by Gasteiger charge is -1.86. The summed E-state index contributed by atoms with van der Waals surface area (Å²) in [5.74, 6) is 0. The molecular weight excluding hydrogens is 240 g/mol. The van der Waals surface area contributed by atoms with Gasteiger partial charge in [-0.1, -0.05) is 12.7 Å². The van der Waals surface area contributed by atoms with Crippen LogP contribution >= 0.6 is 0 Å². The van der Waals surface area contributed by atoms with Crippen LogP contribution in [0.3, 0.4) is 0 Å². The highest BCUT2D eigenvalue weighted by Gasteiger charge is 1.91. The monoisotopic (exact) mass is 250 g/mol. The minimum atomic E-state index is -0.504. The van der Waals surface area contributed by atoms with Gasteiger partial charge < -0.3 is 9.97 Å². The van der Waals surface area contributed by atoms with Crippen molar-refractivity contribution in [3.63, 3.8) is 0 Å². The van der Waals surface area contributed by atoms with Crippen molar-refractivity contribution >= 4 is 6.08 Å². The molecule has 0 aromatic carbocycles. The van der Waals surface area contributed by atoms with Gasteiger partial charge in [0, 0.05) is 18.5 Å². The summed E-state index contributed by atoms with van der Waals surface area (Å²) >= 11 is 0. The van der Waals surface area contributed by atoms with Crippen LogP contribution in [0.25, 0.3) is 6.08 Å². The maximum Gasteiger partial charge on any atom is 0.325 e. The van der Waals surface area contributed by atoms with Crippen LogP contribution < -0.4 is 22.5 Å². The summed E-state index contributed by atoms with van der Waals surface area (Å²) in [5.41, 5.74) is -1.42. The molecule has 0 aliphatic carbocycles. The minimum Gasteiger partial charge on any atom is -0.314 e. The third-order valence-electron chi connectivity index (χ3n) is 1.75. The highest BCUT2D eigenvalue weighted by atomic mass is 16.2. The lowest BCUT2D eigenvalue weighted by atomic mass is 10.3. The molecule has 0 atom stereocenters. The van der Waals surface area contributed by atoms with Gasteiger partial charge >= 0.3 is 11.4 Å². The molecular formula is C10H10N4O4. The Bertz CT molecular complexity index is 724. The second-order valence-electron chi connectivity index (χ2n) is 3.03. The Morgan fingerprint density at radius 2 is 1.67 bits per heavy atom. The van der Waals surface area contributed by atoms with Crippen molar-refractivity contribution < 1.29 is 0 Å². The Labute approximate surface area is 99.1 Å².